The van der Waals surface area contributed by atoms with E-state index in [-0.39, 0.29) is 11.9 Å². The van der Waals surface area contributed by atoms with Crippen LogP contribution in [0.5, 0.6) is 0 Å². The van der Waals surface area contributed by atoms with Crippen LogP contribution in [0.3, 0.4) is 0 Å². The molecule has 1 fully saturated rings. The molecule has 0 spiro atoms. The molecule has 0 radical (unpaired) electrons. The minimum absolute atomic E-state index is 0.000981. The number of rotatable bonds is 3. The van der Waals surface area contributed by atoms with Crippen molar-refractivity contribution in [3.8, 4) is 0 Å². The second kappa shape index (κ2) is 4.70. The highest BCUT2D eigenvalue weighted by Crippen LogP contribution is 2.12. The van der Waals surface area contributed by atoms with Gasteiger partial charge in [-0.1, -0.05) is 0 Å². The summed E-state index contributed by atoms with van der Waals surface area (Å²) in [4.78, 5) is 13.7. The Morgan fingerprint density at radius 1 is 1.62 bits per heavy atom. The fourth-order valence-electron chi connectivity index (χ4n) is 2.04. The smallest absolute Gasteiger partial charge is 0.239 e. The van der Waals surface area contributed by atoms with Crippen LogP contribution < -0.4 is 5.32 Å². The Bertz CT molecular complexity index is 367. The number of hydrogen-bond acceptors (Lipinski definition) is 3. The SMILES string of the molecule is Cc1ccc(CN(C)C(=O)[C@@H]2CCCN2)o1. The second-order valence-corrected chi connectivity index (χ2v) is 4.36. The quantitative estimate of drug-likeness (QED) is 0.838. The molecular formula is C12H18N2O2. The van der Waals surface area contributed by atoms with Gasteiger partial charge in [0.15, 0.2) is 0 Å². The number of carbonyl (C=O) groups is 1. The highest BCUT2D eigenvalue weighted by atomic mass is 16.3. The van der Waals surface area contributed by atoms with Crippen LogP contribution in [-0.2, 0) is 11.3 Å². The van der Waals surface area contributed by atoms with E-state index in [1.807, 2.05) is 26.1 Å². The first kappa shape index (κ1) is 11.2. The summed E-state index contributed by atoms with van der Waals surface area (Å²) in [5.74, 6) is 1.88. The highest BCUT2D eigenvalue weighted by Gasteiger charge is 2.25. The van der Waals surface area contributed by atoms with Crippen molar-refractivity contribution in [3.63, 3.8) is 0 Å². The van der Waals surface area contributed by atoms with Crippen molar-refractivity contribution in [2.75, 3.05) is 13.6 Å². The van der Waals surface area contributed by atoms with Crippen LogP contribution in [0.4, 0.5) is 0 Å². The van der Waals surface area contributed by atoms with Crippen molar-refractivity contribution in [2.24, 2.45) is 0 Å². The van der Waals surface area contributed by atoms with Gasteiger partial charge in [-0.05, 0) is 38.4 Å². The second-order valence-electron chi connectivity index (χ2n) is 4.36. The van der Waals surface area contributed by atoms with E-state index in [1.54, 1.807) is 4.90 Å². The average molecular weight is 222 g/mol. The van der Waals surface area contributed by atoms with Gasteiger partial charge in [0, 0.05) is 7.05 Å². The Morgan fingerprint density at radius 2 is 2.44 bits per heavy atom. The molecule has 88 valence electrons. The lowest BCUT2D eigenvalue weighted by Gasteiger charge is -2.19. The van der Waals surface area contributed by atoms with Gasteiger partial charge in [0.25, 0.3) is 0 Å². The van der Waals surface area contributed by atoms with Gasteiger partial charge in [0.1, 0.15) is 11.5 Å². The first-order valence-corrected chi connectivity index (χ1v) is 5.70. The molecule has 1 N–H and O–H groups in total. The van der Waals surface area contributed by atoms with Crippen molar-refractivity contribution in [1.29, 1.82) is 0 Å². The van der Waals surface area contributed by atoms with Crippen molar-refractivity contribution in [1.82, 2.24) is 10.2 Å². The lowest BCUT2D eigenvalue weighted by molar-refractivity contribution is -0.132. The normalized spacial score (nSPS) is 20.0. The molecule has 1 aromatic heterocycles. The molecule has 0 bridgehead atoms. The zero-order chi connectivity index (χ0) is 11.5. The molecule has 2 heterocycles. The molecule has 1 saturated heterocycles. The molecule has 1 aromatic rings. The zero-order valence-electron chi connectivity index (χ0n) is 9.82. The fourth-order valence-corrected chi connectivity index (χ4v) is 2.04. The third kappa shape index (κ3) is 2.44. The Labute approximate surface area is 95.6 Å². The summed E-state index contributed by atoms with van der Waals surface area (Å²) in [6, 6.07) is 3.84. The molecule has 0 aliphatic carbocycles. The van der Waals surface area contributed by atoms with E-state index < -0.39 is 0 Å². The highest BCUT2D eigenvalue weighted by molar-refractivity contribution is 5.81. The molecule has 0 aromatic carbocycles. The molecule has 4 heteroatoms. The maximum atomic E-state index is 12.0. The Hall–Kier alpha value is -1.29. The number of amides is 1. The summed E-state index contributed by atoms with van der Waals surface area (Å²) in [5, 5.41) is 3.21. The maximum Gasteiger partial charge on any atom is 0.239 e. The Balaban J connectivity index is 1.91. The number of nitrogens with zero attached hydrogens (tertiary/aromatic N) is 1. The lowest BCUT2D eigenvalue weighted by atomic mass is 10.2. The maximum absolute atomic E-state index is 12.0. The van der Waals surface area contributed by atoms with Gasteiger partial charge in [0.2, 0.25) is 5.91 Å². The average Bonchev–Trinajstić information content (AvgIpc) is 2.88. The summed E-state index contributed by atoms with van der Waals surface area (Å²) in [6.45, 7) is 3.40. The molecule has 1 atom stereocenters. The fraction of sp³-hybridized carbons (Fsp3) is 0.583. The van der Waals surface area contributed by atoms with Crippen molar-refractivity contribution >= 4 is 5.91 Å². The third-order valence-corrected chi connectivity index (χ3v) is 2.92. The van der Waals surface area contributed by atoms with Gasteiger partial charge in [-0.25, -0.2) is 0 Å². The molecule has 1 aliphatic rings. The largest absolute Gasteiger partial charge is 0.464 e. The lowest BCUT2D eigenvalue weighted by Crippen LogP contribution is -2.41. The van der Waals surface area contributed by atoms with Gasteiger partial charge in [-0.2, -0.15) is 0 Å². The molecular weight excluding hydrogens is 204 g/mol. The van der Waals surface area contributed by atoms with E-state index in [0.717, 1.165) is 30.9 Å². The molecule has 16 heavy (non-hydrogen) atoms. The first-order valence-electron chi connectivity index (χ1n) is 5.70. The predicted octanol–water partition coefficient (Wildman–Crippen LogP) is 1.30. The van der Waals surface area contributed by atoms with Crippen LogP contribution in [0.2, 0.25) is 0 Å². The van der Waals surface area contributed by atoms with Crippen LogP contribution in [0.25, 0.3) is 0 Å². The van der Waals surface area contributed by atoms with E-state index >= 15 is 0 Å². The van der Waals surface area contributed by atoms with Crippen LogP contribution >= 0.6 is 0 Å². The number of carbonyl (C=O) groups excluding carboxylic acids is 1. The van der Waals surface area contributed by atoms with E-state index in [0.29, 0.717) is 6.54 Å². The first-order chi connectivity index (χ1) is 7.66. The van der Waals surface area contributed by atoms with Crippen LogP contribution in [0.1, 0.15) is 24.4 Å². The number of hydrogen-bond donors (Lipinski definition) is 1. The zero-order valence-corrected chi connectivity index (χ0v) is 9.82. The Morgan fingerprint density at radius 3 is 3.00 bits per heavy atom. The summed E-state index contributed by atoms with van der Waals surface area (Å²) < 4.78 is 5.45. The predicted molar refractivity (Wildman–Crippen MR) is 60.9 cm³/mol. The number of furan rings is 1. The molecule has 4 nitrogen and oxygen atoms in total. The van der Waals surface area contributed by atoms with Gasteiger partial charge < -0.3 is 14.6 Å². The van der Waals surface area contributed by atoms with Gasteiger partial charge in [-0.3, -0.25) is 4.79 Å². The molecule has 0 saturated carbocycles. The van der Waals surface area contributed by atoms with E-state index in [2.05, 4.69) is 5.32 Å². The van der Waals surface area contributed by atoms with Gasteiger partial charge in [-0.15, -0.1) is 0 Å². The number of likely N-dealkylation sites (N-methyl/N-ethyl adjacent to an activating group) is 1. The van der Waals surface area contributed by atoms with Gasteiger partial charge >= 0.3 is 0 Å². The molecule has 1 amide bonds. The summed E-state index contributed by atoms with van der Waals surface area (Å²) in [6.07, 6.45) is 2.03. The Kier molecular flexibility index (Phi) is 3.29. The summed E-state index contributed by atoms with van der Waals surface area (Å²) >= 11 is 0. The summed E-state index contributed by atoms with van der Waals surface area (Å²) in [7, 11) is 1.82. The summed E-state index contributed by atoms with van der Waals surface area (Å²) in [5.41, 5.74) is 0. The molecule has 2 rings (SSSR count). The van der Waals surface area contributed by atoms with Crippen molar-refractivity contribution in [2.45, 2.75) is 32.4 Å². The van der Waals surface area contributed by atoms with Crippen LogP contribution in [-0.4, -0.2) is 30.4 Å². The topological polar surface area (TPSA) is 45.5 Å². The molecule has 0 unspecified atom stereocenters. The number of nitrogens with one attached hydrogen (secondary N) is 1. The van der Waals surface area contributed by atoms with E-state index in [9.17, 15) is 4.79 Å². The van der Waals surface area contributed by atoms with Gasteiger partial charge in [0.05, 0.1) is 12.6 Å². The van der Waals surface area contributed by atoms with E-state index in [1.165, 1.54) is 0 Å². The van der Waals surface area contributed by atoms with Crippen LogP contribution in [0, 0.1) is 6.92 Å². The monoisotopic (exact) mass is 222 g/mol. The standard InChI is InChI=1S/C12H18N2O2/c1-9-5-6-10(16-9)8-14(2)12(15)11-4-3-7-13-11/h5-6,11,13H,3-4,7-8H2,1-2H3/t11-/m0/s1. The van der Waals surface area contributed by atoms with Crippen molar-refractivity contribution in [3.05, 3.63) is 23.7 Å². The minimum Gasteiger partial charge on any atom is -0.464 e. The van der Waals surface area contributed by atoms with Crippen molar-refractivity contribution < 1.29 is 9.21 Å². The number of aryl methyl sites for hydroxylation is 1. The van der Waals surface area contributed by atoms with Crippen LogP contribution in [0.15, 0.2) is 16.5 Å². The van der Waals surface area contributed by atoms with E-state index in [4.69, 9.17) is 4.42 Å². The third-order valence-electron chi connectivity index (χ3n) is 2.92. The minimum atomic E-state index is 0.000981. The molecule has 1 aliphatic heterocycles.